The molecule has 1 rings (SSSR count). The fraction of sp³-hybridized carbons (Fsp3) is 0.700. The SMILES string of the molecule is CCn1nccc1S(=O)(=O)NCC(O)CN(C)C. The third-order valence-corrected chi connectivity index (χ3v) is 3.78. The Labute approximate surface area is 107 Å². The van der Waals surface area contributed by atoms with Crippen molar-refractivity contribution >= 4 is 10.0 Å². The Morgan fingerprint density at radius 2 is 2.22 bits per heavy atom. The summed E-state index contributed by atoms with van der Waals surface area (Å²) in [6.45, 7) is 2.67. The number of likely N-dealkylation sites (N-methyl/N-ethyl adjacent to an activating group) is 1. The summed E-state index contributed by atoms with van der Waals surface area (Å²) in [6.07, 6.45) is 0.696. The van der Waals surface area contributed by atoms with Crippen LogP contribution in [0.5, 0.6) is 0 Å². The van der Waals surface area contributed by atoms with E-state index in [-0.39, 0.29) is 11.6 Å². The molecule has 1 aromatic rings. The number of rotatable bonds is 7. The van der Waals surface area contributed by atoms with Gasteiger partial charge in [0.05, 0.1) is 12.3 Å². The van der Waals surface area contributed by atoms with Gasteiger partial charge < -0.3 is 10.0 Å². The van der Waals surface area contributed by atoms with Crippen LogP contribution < -0.4 is 4.72 Å². The minimum atomic E-state index is -3.62. The molecule has 0 aliphatic carbocycles. The second-order valence-electron chi connectivity index (χ2n) is 4.25. The van der Waals surface area contributed by atoms with Gasteiger partial charge in [-0.3, -0.25) is 4.68 Å². The van der Waals surface area contributed by atoms with Crippen LogP contribution in [0.3, 0.4) is 0 Å². The number of aliphatic hydroxyl groups is 1. The second-order valence-corrected chi connectivity index (χ2v) is 5.97. The summed E-state index contributed by atoms with van der Waals surface area (Å²) in [5.41, 5.74) is 0. The molecule has 18 heavy (non-hydrogen) atoms. The van der Waals surface area contributed by atoms with Gasteiger partial charge in [-0.2, -0.15) is 5.10 Å². The number of aryl methyl sites for hydroxylation is 1. The highest BCUT2D eigenvalue weighted by molar-refractivity contribution is 7.89. The van der Waals surface area contributed by atoms with Crippen molar-refractivity contribution in [1.29, 1.82) is 0 Å². The molecule has 0 aromatic carbocycles. The molecule has 0 radical (unpaired) electrons. The Balaban J connectivity index is 2.66. The van der Waals surface area contributed by atoms with E-state index < -0.39 is 16.1 Å². The van der Waals surface area contributed by atoms with Gasteiger partial charge in [-0.25, -0.2) is 13.1 Å². The number of aromatic nitrogens is 2. The standard InChI is InChI=1S/C10H20N4O3S/c1-4-14-10(5-6-11-14)18(16,17)12-7-9(15)8-13(2)3/h5-6,9,12,15H,4,7-8H2,1-3H3. The first-order chi connectivity index (χ1) is 8.36. The maximum absolute atomic E-state index is 12.0. The van der Waals surface area contributed by atoms with E-state index in [1.54, 1.807) is 4.90 Å². The van der Waals surface area contributed by atoms with E-state index in [1.165, 1.54) is 16.9 Å². The maximum atomic E-state index is 12.0. The van der Waals surface area contributed by atoms with Gasteiger partial charge in [0.2, 0.25) is 0 Å². The lowest BCUT2D eigenvalue weighted by atomic mass is 10.3. The van der Waals surface area contributed by atoms with Crippen molar-refractivity contribution in [3.8, 4) is 0 Å². The molecule has 0 amide bonds. The molecule has 0 aliphatic heterocycles. The third-order valence-electron chi connectivity index (χ3n) is 2.34. The van der Waals surface area contributed by atoms with Crippen molar-refractivity contribution < 1.29 is 13.5 Å². The van der Waals surface area contributed by atoms with E-state index in [1.807, 2.05) is 21.0 Å². The average molecular weight is 276 g/mol. The van der Waals surface area contributed by atoms with Crippen molar-refractivity contribution in [2.75, 3.05) is 27.2 Å². The van der Waals surface area contributed by atoms with Crippen LogP contribution in [0.2, 0.25) is 0 Å². The first kappa shape index (κ1) is 15.1. The zero-order valence-electron chi connectivity index (χ0n) is 10.9. The molecule has 0 saturated heterocycles. The molecule has 0 bridgehead atoms. The van der Waals surface area contributed by atoms with Crippen LogP contribution in [0.15, 0.2) is 17.3 Å². The van der Waals surface area contributed by atoms with E-state index in [9.17, 15) is 13.5 Å². The maximum Gasteiger partial charge on any atom is 0.257 e. The van der Waals surface area contributed by atoms with Crippen LogP contribution in [-0.2, 0) is 16.6 Å². The molecule has 0 fully saturated rings. The van der Waals surface area contributed by atoms with Crippen molar-refractivity contribution in [2.45, 2.75) is 24.6 Å². The molecule has 8 heteroatoms. The van der Waals surface area contributed by atoms with Crippen molar-refractivity contribution in [2.24, 2.45) is 0 Å². The quantitative estimate of drug-likeness (QED) is 0.674. The van der Waals surface area contributed by atoms with Crippen LogP contribution in [0.25, 0.3) is 0 Å². The van der Waals surface area contributed by atoms with Crippen LogP contribution >= 0.6 is 0 Å². The molecule has 0 spiro atoms. The Hall–Kier alpha value is -0.960. The van der Waals surface area contributed by atoms with Crippen molar-refractivity contribution in [1.82, 2.24) is 19.4 Å². The molecule has 2 N–H and O–H groups in total. The lowest BCUT2D eigenvalue weighted by Gasteiger charge is -2.16. The number of aliphatic hydroxyl groups excluding tert-OH is 1. The molecule has 104 valence electrons. The Morgan fingerprint density at radius 1 is 1.56 bits per heavy atom. The van der Waals surface area contributed by atoms with E-state index in [0.717, 1.165) is 0 Å². The van der Waals surface area contributed by atoms with Crippen LogP contribution in [0.4, 0.5) is 0 Å². The first-order valence-electron chi connectivity index (χ1n) is 5.71. The summed E-state index contributed by atoms with van der Waals surface area (Å²) in [6, 6.07) is 1.43. The highest BCUT2D eigenvalue weighted by Crippen LogP contribution is 2.07. The zero-order valence-corrected chi connectivity index (χ0v) is 11.7. The van der Waals surface area contributed by atoms with Gasteiger partial charge in [0.25, 0.3) is 10.0 Å². The van der Waals surface area contributed by atoms with Gasteiger partial charge in [0, 0.05) is 19.6 Å². The lowest BCUT2D eigenvalue weighted by molar-refractivity contribution is 0.140. The lowest BCUT2D eigenvalue weighted by Crippen LogP contribution is -2.38. The number of nitrogens with one attached hydrogen (secondary N) is 1. The molecule has 1 heterocycles. The third kappa shape index (κ3) is 4.05. The van der Waals surface area contributed by atoms with Crippen LogP contribution in [0, 0.1) is 0 Å². The highest BCUT2D eigenvalue weighted by Gasteiger charge is 2.19. The normalized spacial score (nSPS) is 14.1. The molecule has 1 unspecified atom stereocenters. The predicted molar refractivity (Wildman–Crippen MR) is 67.7 cm³/mol. The fourth-order valence-electron chi connectivity index (χ4n) is 1.55. The Morgan fingerprint density at radius 3 is 2.78 bits per heavy atom. The minimum Gasteiger partial charge on any atom is -0.390 e. The van der Waals surface area contributed by atoms with Gasteiger partial charge in [-0.15, -0.1) is 0 Å². The molecular formula is C10H20N4O3S. The summed E-state index contributed by atoms with van der Waals surface area (Å²) in [5, 5.41) is 13.6. The zero-order chi connectivity index (χ0) is 13.8. The van der Waals surface area contributed by atoms with E-state index >= 15 is 0 Å². The number of hydrogen-bond acceptors (Lipinski definition) is 5. The highest BCUT2D eigenvalue weighted by atomic mass is 32.2. The van der Waals surface area contributed by atoms with Crippen molar-refractivity contribution in [3.05, 3.63) is 12.3 Å². The Bertz CT molecular complexity index is 469. The van der Waals surface area contributed by atoms with Gasteiger partial charge >= 0.3 is 0 Å². The van der Waals surface area contributed by atoms with Gasteiger partial charge in [-0.1, -0.05) is 0 Å². The van der Waals surface area contributed by atoms with Gasteiger partial charge in [-0.05, 0) is 27.1 Å². The smallest absolute Gasteiger partial charge is 0.257 e. The largest absolute Gasteiger partial charge is 0.390 e. The van der Waals surface area contributed by atoms with Gasteiger partial charge in [0.1, 0.15) is 0 Å². The first-order valence-corrected chi connectivity index (χ1v) is 7.19. The summed E-state index contributed by atoms with van der Waals surface area (Å²) in [7, 11) is 0.000185. The molecule has 1 atom stereocenters. The van der Waals surface area contributed by atoms with E-state index in [4.69, 9.17) is 0 Å². The summed E-state index contributed by atoms with van der Waals surface area (Å²) >= 11 is 0. The van der Waals surface area contributed by atoms with Crippen LogP contribution in [-0.4, -0.2) is 61.5 Å². The number of nitrogens with zero attached hydrogens (tertiary/aromatic N) is 3. The van der Waals surface area contributed by atoms with E-state index in [2.05, 4.69) is 9.82 Å². The average Bonchev–Trinajstić information content (AvgIpc) is 2.74. The molecule has 1 aromatic heterocycles. The fourth-order valence-corrected chi connectivity index (χ4v) is 2.81. The molecule has 0 aliphatic rings. The minimum absolute atomic E-state index is 0.0184. The molecule has 7 nitrogen and oxygen atoms in total. The van der Waals surface area contributed by atoms with Gasteiger partial charge in [0.15, 0.2) is 5.03 Å². The van der Waals surface area contributed by atoms with Crippen molar-refractivity contribution in [3.63, 3.8) is 0 Å². The second kappa shape index (κ2) is 6.28. The monoisotopic (exact) mass is 276 g/mol. The number of sulfonamides is 1. The topological polar surface area (TPSA) is 87.5 Å². The summed E-state index contributed by atoms with van der Waals surface area (Å²) < 4.78 is 27.7. The number of hydrogen-bond donors (Lipinski definition) is 2. The van der Waals surface area contributed by atoms with Crippen LogP contribution in [0.1, 0.15) is 6.92 Å². The van der Waals surface area contributed by atoms with E-state index in [0.29, 0.717) is 13.1 Å². The summed E-state index contributed by atoms with van der Waals surface area (Å²) in [4.78, 5) is 1.79. The summed E-state index contributed by atoms with van der Waals surface area (Å²) in [5.74, 6) is 0. The molecule has 0 saturated carbocycles. The Kier molecular flexibility index (Phi) is 5.27. The molecular weight excluding hydrogens is 256 g/mol. The predicted octanol–water partition coefficient (Wildman–Crippen LogP) is -0.896.